The summed E-state index contributed by atoms with van der Waals surface area (Å²) >= 11 is 1.82. The lowest BCUT2D eigenvalue weighted by Crippen LogP contribution is -2.30. The van der Waals surface area contributed by atoms with E-state index in [0.717, 1.165) is 19.4 Å². The molecule has 17 heavy (non-hydrogen) atoms. The van der Waals surface area contributed by atoms with E-state index in [1.54, 1.807) is 7.11 Å². The molecular weight excluding hydrogens is 232 g/mol. The van der Waals surface area contributed by atoms with Gasteiger partial charge >= 0.3 is 0 Å². The van der Waals surface area contributed by atoms with Crippen molar-refractivity contribution in [2.75, 3.05) is 20.8 Å². The molecule has 0 saturated heterocycles. The summed E-state index contributed by atoms with van der Waals surface area (Å²) in [5.41, 5.74) is 1.17. The molecule has 0 amide bonds. The molecule has 1 N–H and O–H groups in total. The summed E-state index contributed by atoms with van der Waals surface area (Å²) in [5.74, 6) is 0.583. The standard InChI is InChI=1S/C13H24N2OS/c1-9(8-16-5)6-12(14-4)7-13-15-10(2)11(3)17-13/h9,12,14H,6-8H2,1-5H3. The maximum Gasteiger partial charge on any atom is 0.0946 e. The first kappa shape index (κ1) is 14.6. The van der Waals surface area contributed by atoms with E-state index >= 15 is 0 Å². The average molecular weight is 256 g/mol. The highest BCUT2D eigenvalue weighted by Crippen LogP contribution is 2.19. The Hall–Kier alpha value is -0.450. The van der Waals surface area contributed by atoms with Crippen LogP contribution in [0.25, 0.3) is 0 Å². The van der Waals surface area contributed by atoms with Gasteiger partial charge in [-0.15, -0.1) is 11.3 Å². The van der Waals surface area contributed by atoms with Gasteiger partial charge in [-0.05, 0) is 33.2 Å². The Labute approximate surface area is 109 Å². The lowest BCUT2D eigenvalue weighted by atomic mass is 10.0. The Kier molecular flexibility index (Phi) is 6.09. The van der Waals surface area contributed by atoms with Crippen LogP contribution in [0.2, 0.25) is 0 Å². The minimum absolute atomic E-state index is 0.491. The molecule has 1 rings (SSSR count). The molecule has 1 aromatic heterocycles. The van der Waals surface area contributed by atoms with Gasteiger partial charge in [0, 0.05) is 31.1 Å². The second-order valence-electron chi connectivity index (χ2n) is 4.74. The van der Waals surface area contributed by atoms with E-state index in [2.05, 4.69) is 31.1 Å². The summed E-state index contributed by atoms with van der Waals surface area (Å²) in [7, 11) is 3.79. The van der Waals surface area contributed by atoms with Gasteiger partial charge < -0.3 is 10.1 Å². The molecule has 0 fully saturated rings. The largest absolute Gasteiger partial charge is 0.384 e. The highest BCUT2D eigenvalue weighted by molar-refractivity contribution is 7.11. The topological polar surface area (TPSA) is 34.2 Å². The van der Waals surface area contributed by atoms with Crippen LogP contribution in [0.3, 0.4) is 0 Å². The molecule has 0 saturated carbocycles. The van der Waals surface area contributed by atoms with Gasteiger partial charge in [0.25, 0.3) is 0 Å². The molecule has 2 atom stereocenters. The third-order valence-electron chi connectivity index (χ3n) is 3.04. The number of rotatable bonds is 7. The Morgan fingerprint density at radius 3 is 2.59 bits per heavy atom. The van der Waals surface area contributed by atoms with Crippen molar-refractivity contribution in [3.05, 3.63) is 15.6 Å². The Bertz CT molecular complexity index is 319. The molecule has 0 radical (unpaired) electrons. The molecule has 0 bridgehead atoms. The van der Waals surface area contributed by atoms with Crippen molar-refractivity contribution in [1.82, 2.24) is 10.3 Å². The summed E-state index contributed by atoms with van der Waals surface area (Å²) in [5, 5.41) is 4.62. The van der Waals surface area contributed by atoms with Crippen molar-refractivity contribution in [1.29, 1.82) is 0 Å². The van der Waals surface area contributed by atoms with Crippen molar-refractivity contribution in [3.63, 3.8) is 0 Å². The minimum atomic E-state index is 0.491. The molecule has 0 aliphatic carbocycles. The summed E-state index contributed by atoms with van der Waals surface area (Å²) in [6.45, 7) is 7.27. The van der Waals surface area contributed by atoms with Crippen molar-refractivity contribution >= 4 is 11.3 Å². The van der Waals surface area contributed by atoms with E-state index in [-0.39, 0.29) is 0 Å². The first-order valence-electron chi connectivity index (χ1n) is 6.15. The molecule has 1 aromatic rings. The van der Waals surface area contributed by atoms with Crippen molar-refractivity contribution in [2.24, 2.45) is 5.92 Å². The van der Waals surface area contributed by atoms with Crippen molar-refractivity contribution < 1.29 is 4.74 Å². The zero-order chi connectivity index (χ0) is 12.8. The van der Waals surface area contributed by atoms with Crippen molar-refractivity contribution in [2.45, 2.75) is 39.7 Å². The smallest absolute Gasteiger partial charge is 0.0946 e. The molecular formula is C13H24N2OS. The Morgan fingerprint density at radius 1 is 1.41 bits per heavy atom. The van der Waals surface area contributed by atoms with Gasteiger partial charge in [-0.2, -0.15) is 0 Å². The highest BCUT2D eigenvalue weighted by atomic mass is 32.1. The normalized spacial score (nSPS) is 14.9. The quantitative estimate of drug-likeness (QED) is 0.814. The number of methoxy groups -OCH3 is 1. The molecule has 4 heteroatoms. The number of nitrogens with one attached hydrogen (secondary N) is 1. The van der Waals surface area contributed by atoms with Crippen LogP contribution in [0, 0.1) is 19.8 Å². The summed E-state index contributed by atoms with van der Waals surface area (Å²) in [6.07, 6.45) is 2.14. The van der Waals surface area contributed by atoms with E-state index < -0.39 is 0 Å². The third-order valence-corrected chi connectivity index (χ3v) is 4.14. The number of aromatic nitrogens is 1. The maximum absolute atomic E-state index is 5.18. The SMILES string of the molecule is CNC(Cc1nc(C)c(C)s1)CC(C)COC. The van der Waals surface area contributed by atoms with Gasteiger partial charge in [0.05, 0.1) is 10.7 Å². The van der Waals surface area contributed by atoms with Gasteiger partial charge in [0.1, 0.15) is 0 Å². The lowest BCUT2D eigenvalue weighted by Gasteiger charge is -2.19. The van der Waals surface area contributed by atoms with Crippen LogP contribution in [0.5, 0.6) is 0 Å². The number of thiazole rings is 1. The first-order chi connectivity index (χ1) is 8.06. The molecule has 3 nitrogen and oxygen atoms in total. The fourth-order valence-electron chi connectivity index (χ4n) is 1.98. The zero-order valence-electron chi connectivity index (χ0n) is 11.5. The third kappa shape index (κ3) is 4.74. The summed E-state index contributed by atoms with van der Waals surface area (Å²) in [4.78, 5) is 5.93. The fourth-order valence-corrected chi connectivity index (χ4v) is 2.99. The number of nitrogens with zero attached hydrogens (tertiary/aromatic N) is 1. The van der Waals surface area contributed by atoms with Crippen LogP contribution in [0.4, 0.5) is 0 Å². The Morgan fingerprint density at radius 2 is 2.12 bits per heavy atom. The molecule has 1 heterocycles. The molecule has 0 aliphatic rings. The molecule has 2 unspecified atom stereocenters. The van der Waals surface area contributed by atoms with Gasteiger partial charge in [0.2, 0.25) is 0 Å². The summed E-state index contributed by atoms with van der Waals surface area (Å²) in [6, 6.07) is 0.491. The van der Waals surface area contributed by atoms with E-state index in [9.17, 15) is 0 Å². The average Bonchev–Trinajstić information content (AvgIpc) is 2.57. The zero-order valence-corrected chi connectivity index (χ0v) is 12.4. The Balaban J connectivity index is 2.51. The van der Waals surface area contributed by atoms with Crippen molar-refractivity contribution in [3.8, 4) is 0 Å². The summed E-state index contributed by atoms with van der Waals surface area (Å²) < 4.78 is 5.18. The fraction of sp³-hybridized carbons (Fsp3) is 0.769. The first-order valence-corrected chi connectivity index (χ1v) is 6.97. The van der Waals surface area contributed by atoms with Crippen LogP contribution >= 0.6 is 11.3 Å². The van der Waals surface area contributed by atoms with E-state index in [1.807, 2.05) is 18.4 Å². The lowest BCUT2D eigenvalue weighted by molar-refractivity contribution is 0.150. The number of ether oxygens (including phenoxy) is 1. The monoisotopic (exact) mass is 256 g/mol. The maximum atomic E-state index is 5.18. The van der Waals surface area contributed by atoms with Crippen LogP contribution in [0.15, 0.2) is 0 Å². The van der Waals surface area contributed by atoms with Gasteiger partial charge in [-0.1, -0.05) is 6.92 Å². The van der Waals surface area contributed by atoms with Crippen LogP contribution in [-0.4, -0.2) is 31.8 Å². The van der Waals surface area contributed by atoms with E-state index in [1.165, 1.54) is 15.6 Å². The van der Waals surface area contributed by atoms with Gasteiger partial charge in [-0.25, -0.2) is 4.98 Å². The molecule has 0 spiro atoms. The number of aryl methyl sites for hydroxylation is 2. The number of hydrogen-bond acceptors (Lipinski definition) is 4. The van der Waals surface area contributed by atoms with E-state index in [4.69, 9.17) is 4.74 Å². The van der Waals surface area contributed by atoms with Crippen LogP contribution in [0.1, 0.15) is 28.9 Å². The second kappa shape index (κ2) is 7.09. The molecule has 98 valence electrons. The second-order valence-corrected chi connectivity index (χ2v) is 6.02. The number of hydrogen-bond donors (Lipinski definition) is 1. The molecule has 0 aliphatic heterocycles. The predicted octanol–water partition coefficient (Wildman–Crippen LogP) is 2.56. The molecule has 0 aromatic carbocycles. The van der Waals surface area contributed by atoms with Crippen LogP contribution in [-0.2, 0) is 11.2 Å². The van der Waals surface area contributed by atoms with Crippen LogP contribution < -0.4 is 5.32 Å². The minimum Gasteiger partial charge on any atom is -0.384 e. The highest BCUT2D eigenvalue weighted by Gasteiger charge is 2.14. The number of likely N-dealkylation sites (N-methyl/N-ethyl adjacent to an activating group) is 1. The van der Waals surface area contributed by atoms with Gasteiger partial charge in [0.15, 0.2) is 0 Å². The van der Waals surface area contributed by atoms with Gasteiger partial charge in [-0.3, -0.25) is 0 Å². The van der Waals surface area contributed by atoms with E-state index in [0.29, 0.717) is 12.0 Å². The predicted molar refractivity (Wildman–Crippen MR) is 73.8 cm³/mol.